The molecule has 0 aliphatic carbocycles. The van der Waals surface area contributed by atoms with E-state index in [1.165, 1.54) is 10.6 Å². The molecule has 0 radical (unpaired) electrons. The number of oxazole rings is 1. The third-order valence-corrected chi connectivity index (χ3v) is 3.43. The quantitative estimate of drug-likeness (QED) is 0.616. The fraction of sp³-hybridized carbons (Fsp3) is 0.0625. The van der Waals surface area contributed by atoms with Crippen molar-refractivity contribution >= 4 is 5.65 Å². The van der Waals surface area contributed by atoms with Crippen molar-refractivity contribution < 1.29 is 4.42 Å². The lowest BCUT2D eigenvalue weighted by molar-refractivity contribution is 0.574. The van der Waals surface area contributed by atoms with Gasteiger partial charge >= 0.3 is 0 Å². The normalized spacial score (nSPS) is 11.1. The van der Waals surface area contributed by atoms with E-state index in [9.17, 15) is 4.79 Å². The molecule has 4 aromatic rings. The predicted molar refractivity (Wildman–Crippen MR) is 81.5 cm³/mol. The van der Waals surface area contributed by atoms with Gasteiger partial charge in [-0.2, -0.15) is 9.61 Å². The summed E-state index contributed by atoms with van der Waals surface area (Å²) in [4.78, 5) is 19.8. The first-order chi connectivity index (χ1) is 10.7. The van der Waals surface area contributed by atoms with E-state index < -0.39 is 0 Å². The largest absolute Gasteiger partial charge is 0.444 e. The first kappa shape index (κ1) is 12.6. The van der Waals surface area contributed by atoms with Gasteiger partial charge in [-0.1, -0.05) is 30.3 Å². The molecule has 3 aromatic heterocycles. The van der Waals surface area contributed by atoms with Crippen LogP contribution in [0.5, 0.6) is 0 Å². The van der Waals surface area contributed by atoms with Crippen molar-refractivity contribution in [2.75, 3.05) is 0 Å². The Hall–Kier alpha value is -3.15. The number of rotatable bonds is 2. The molecule has 22 heavy (non-hydrogen) atoms. The Morgan fingerprint density at radius 2 is 2.05 bits per heavy atom. The Bertz CT molecular complexity index is 1010. The van der Waals surface area contributed by atoms with Gasteiger partial charge in [0.15, 0.2) is 5.65 Å². The van der Waals surface area contributed by atoms with E-state index in [1.807, 2.05) is 37.3 Å². The van der Waals surface area contributed by atoms with Crippen LogP contribution in [-0.2, 0) is 0 Å². The Kier molecular flexibility index (Phi) is 2.69. The van der Waals surface area contributed by atoms with Crippen LogP contribution in [0.25, 0.3) is 28.4 Å². The number of nitrogens with zero attached hydrogens (tertiary/aromatic N) is 3. The van der Waals surface area contributed by atoms with Crippen LogP contribution in [0, 0.1) is 6.92 Å². The molecule has 6 heteroatoms. The summed E-state index contributed by atoms with van der Waals surface area (Å²) < 4.78 is 6.72. The molecule has 0 bridgehead atoms. The summed E-state index contributed by atoms with van der Waals surface area (Å²) in [7, 11) is 0. The van der Waals surface area contributed by atoms with Crippen molar-refractivity contribution in [3.05, 3.63) is 64.9 Å². The van der Waals surface area contributed by atoms with Crippen LogP contribution in [0.3, 0.4) is 0 Å². The van der Waals surface area contributed by atoms with E-state index in [-0.39, 0.29) is 5.56 Å². The summed E-state index contributed by atoms with van der Waals surface area (Å²) in [6.07, 6.45) is 3.14. The molecule has 108 valence electrons. The Balaban J connectivity index is 1.98. The number of fused-ring (bicyclic) bond motifs is 1. The highest BCUT2D eigenvalue weighted by molar-refractivity contribution is 5.73. The lowest BCUT2D eigenvalue weighted by atomic mass is 10.1. The minimum atomic E-state index is -0.206. The van der Waals surface area contributed by atoms with E-state index in [4.69, 9.17) is 4.42 Å². The standard InChI is InChI=1S/C16H12N4O2/c1-10-9-22-16(18-10)12-8-17-20-14(21)7-13(19-15(12)20)11-5-3-2-4-6-11/h2-9,19H,1H3. The van der Waals surface area contributed by atoms with Gasteiger partial charge in [0.2, 0.25) is 5.89 Å². The number of aromatic nitrogens is 4. The maximum Gasteiger partial charge on any atom is 0.274 e. The molecule has 6 nitrogen and oxygen atoms in total. The molecule has 0 atom stereocenters. The summed E-state index contributed by atoms with van der Waals surface area (Å²) in [6.45, 7) is 1.84. The fourth-order valence-corrected chi connectivity index (χ4v) is 2.39. The van der Waals surface area contributed by atoms with Gasteiger partial charge in [0, 0.05) is 6.07 Å². The molecule has 0 amide bonds. The number of aryl methyl sites for hydroxylation is 1. The van der Waals surface area contributed by atoms with Gasteiger partial charge in [-0.3, -0.25) is 4.79 Å². The second kappa shape index (κ2) is 4.70. The monoisotopic (exact) mass is 292 g/mol. The molecular formula is C16H12N4O2. The molecule has 0 aliphatic rings. The van der Waals surface area contributed by atoms with Gasteiger partial charge < -0.3 is 9.40 Å². The molecule has 1 N–H and O–H groups in total. The number of hydrogen-bond acceptors (Lipinski definition) is 4. The topological polar surface area (TPSA) is 76.2 Å². The van der Waals surface area contributed by atoms with Gasteiger partial charge in [0.05, 0.1) is 17.6 Å². The molecule has 1 aromatic carbocycles. The third kappa shape index (κ3) is 1.93. The average Bonchev–Trinajstić information content (AvgIpc) is 3.14. The van der Waals surface area contributed by atoms with Crippen molar-refractivity contribution in [2.24, 2.45) is 0 Å². The van der Waals surface area contributed by atoms with E-state index in [0.29, 0.717) is 17.1 Å². The zero-order valence-corrected chi connectivity index (χ0v) is 11.8. The summed E-state index contributed by atoms with van der Waals surface area (Å²) >= 11 is 0. The molecule has 0 fully saturated rings. The number of nitrogens with one attached hydrogen (secondary N) is 1. The minimum absolute atomic E-state index is 0.206. The van der Waals surface area contributed by atoms with Gasteiger partial charge in [0.25, 0.3) is 5.56 Å². The second-order valence-corrected chi connectivity index (χ2v) is 5.00. The third-order valence-electron chi connectivity index (χ3n) is 3.43. The number of aromatic amines is 1. The van der Waals surface area contributed by atoms with E-state index in [1.54, 1.807) is 12.5 Å². The van der Waals surface area contributed by atoms with Gasteiger partial charge in [0.1, 0.15) is 11.8 Å². The summed E-state index contributed by atoms with van der Waals surface area (Å²) in [5.41, 5.74) is 3.44. The van der Waals surface area contributed by atoms with Crippen LogP contribution in [0.2, 0.25) is 0 Å². The van der Waals surface area contributed by atoms with Crippen LogP contribution in [-0.4, -0.2) is 19.6 Å². The average molecular weight is 292 g/mol. The van der Waals surface area contributed by atoms with E-state index in [2.05, 4.69) is 15.1 Å². The molecule has 4 rings (SSSR count). The van der Waals surface area contributed by atoms with Crippen LogP contribution in [0.4, 0.5) is 0 Å². The van der Waals surface area contributed by atoms with Gasteiger partial charge in [-0.05, 0) is 12.5 Å². The second-order valence-electron chi connectivity index (χ2n) is 5.00. The highest BCUT2D eigenvalue weighted by atomic mass is 16.3. The van der Waals surface area contributed by atoms with E-state index >= 15 is 0 Å². The maximum absolute atomic E-state index is 12.3. The van der Waals surface area contributed by atoms with Crippen molar-refractivity contribution in [1.29, 1.82) is 0 Å². The summed E-state index contributed by atoms with van der Waals surface area (Å²) in [5, 5.41) is 4.11. The lowest BCUT2D eigenvalue weighted by Gasteiger charge is -2.03. The summed E-state index contributed by atoms with van der Waals surface area (Å²) in [5.74, 6) is 0.438. The van der Waals surface area contributed by atoms with Crippen LogP contribution >= 0.6 is 0 Å². The smallest absolute Gasteiger partial charge is 0.274 e. The van der Waals surface area contributed by atoms with Crippen LogP contribution in [0.1, 0.15) is 5.69 Å². The number of H-pyrrole nitrogens is 1. The van der Waals surface area contributed by atoms with Crippen molar-refractivity contribution in [3.8, 4) is 22.7 Å². The Labute approximate surface area is 125 Å². The van der Waals surface area contributed by atoms with Crippen molar-refractivity contribution in [1.82, 2.24) is 19.6 Å². The van der Waals surface area contributed by atoms with Gasteiger partial charge in [-0.15, -0.1) is 0 Å². The molecule has 0 aliphatic heterocycles. The van der Waals surface area contributed by atoms with Crippen molar-refractivity contribution in [2.45, 2.75) is 6.92 Å². The number of benzene rings is 1. The predicted octanol–water partition coefficient (Wildman–Crippen LogP) is 2.65. The Morgan fingerprint density at radius 1 is 1.23 bits per heavy atom. The zero-order chi connectivity index (χ0) is 15.1. The molecule has 3 heterocycles. The first-order valence-corrected chi connectivity index (χ1v) is 6.81. The Morgan fingerprint density at radius 3 is 2.77 bits per heavy atom. The molecular weight excluding hydrogens is 280 g/mol. The molecule has 0 saturated carbocycles. The van der Waals surface area contributed by atoms with Crippen LogP contribution in [0.15, 0.2) is 58.1 Å². The zero-order valence-electron chi connectivity index (χ0n) is 11.8. The molecule has 0 spiro atoms. The van der Waals surface area contributed by atoms with Crippen molar-refractivity contribution in [3.63, 3.8) is 0 Å². The van der Waals surface area contributed by atoms with Gasteiger partial charge in [-0.25, -0.2) is 4.98 Å². The molecule has 0 unspecified atom stereocenters. The highest BCUT2D eigenvalue weighted by Gasteiger charge is 2.15. The van der Waals surface area contributed by atoms with E-state index in [0.717, 1.165) is 17.0 Å². The molecule has 0 saturated heterocycles. The van der Waals surface area contributed by atoms with Crippen LogP contribution < -0.4 is 5.56 Å². The SMILES string of the molecule is Cc1coc(-c2cnn3c(=O)cc(-c4ccccc4)[nH]c23)n1. The lowest BCUT2D eigenvalue weighted by Crippen LogP contribution is -2.14. The fourth-order valence-electron chi connectivity index (χ4n) is 2.39. The first-order valence-electron chi connectivity index (χ1n) is 6.81. The highest BCUT2D eigenvalue weighted by Crippen LogP contribution is 2.23. The summed E-state index contributed by atoms with van der Waals surface area (Å²) in [6, 6.07) is 11.2. The number of hydrogen-bond donors (Lipinski definition) is 1. The minimum Gasteiger partial charge on any atom is -0.444 e. The maximum atomic E-state index is 12.3.